The van der Waals surface area contributed by atoms with E-state index in [1.165, 1.54) is 0 Å². The molecule has 0 fully saturated rings. The molecule has 0 radical (unpaired) electrons. The summed E-state index contributed by atoms with van der Waals surface area (Å²) in [6.07, 6.45) is 0. The number of rotatable bonds is 5. The van der Waals surface area contributed by atoms with Crippen molar-refractivity contribution in [1.82, 2.24) is 14.9 Å². The third kappa shape index (κ3) is 3.57. The highest BCUT2D eigenvalue weighted by Gasteiger charge is 2.15. The van der Waals surface area contributed by atoms with Gasteiger partial charge in [0.1, 0.15) is 5.82 Å². The summed E-state index contributed by atoms with van der Waals surface area (Å²) >= 11 is 1.62. The normalized spacial score (nSPS) is 10.9. The number of hydrogen-bond acceptors (Lipinski definition) is 4. The summed E-state index contributed by atoms with van der Waals surface area (Å²) in [5.74, 6) is 0.752. The lowest BCUT2D eigenvalue weighted by Gasteiger charge is -2.16. The molecule has 0 atom stereocenters. The molecule has 0 saturated carbocycles. The molecule has 1 N–H and O–H groups in total. The molecule has 3 heterocycles. The third-order valence-corrected chi connectivity index (χ3v) is 5.22. The van der Waals surface area contributed by atoms with Crippen LogP contribution in [0, 0.1) is 0 Å². The van der Waals surface area contributed by atoms with Crippen LogP contribution in [0.25, 0.3) is 16.6 Å². The molecule has 0 saturated heterocycles. The Morgan fingerprint density at radius 3 is 2.59 bits per heavy atom. The Hall–Kier alpha value is -3.12. The molecule has 136 valence electrons. The van der Waals surface area contributed by atoms with E-state index in [1.807, 2.05) is 65.3 Å². The standard InChI is InChI=1S/C21H20N4OS/c1-24(2)20-12-16(15-7-4-3-5-8-15)11-17-13-19(23-25(17)20)21(26)22-14-18-9-6-10-27-18/h3-13H,14H2,1-2H3,(H,22,26). The number of carbonyl (C=O) groups excluding carboxylic acids is 1. The van der Waals surface area contributed by atoms with Crippen LogP contribution in [0.2, 0.25) is 0 Å². The van der Waals surface area contributed by atoms with Gasteiger partial charge in [0.25, 0.3) is 5.91 Å². The molecule has 5 nitrogen and oxygen atoms in total. The average molecular weight is 376 g/mol. The van der Waals surface area contributed by atoms with Gasteiger partial charge in [0, 0.05) is 19.0 Å². The maximum Gasteiger partial charge on any atom is 0.272 e. The maximum atomic E-state index is 12.5. The Labute approximate surface area is 161 Å². The van der Waals surface area contributed by atoms with Crippen molar-refractivity contribution < 1.29 is 4.79 Å². The molecule has 0 aliphatic rings. The molecule has 6 heteroatoms. The number of thiophene rings is 1. The number of carbonyl (C=O) groups is 1. The monoisotopic (exact) mass is 376 g/mol. The van der Waals surface area contributed by atoms with Crippen LogP contribution in [-0.2, 0) is 6.54 Å². The van der Waals surface area contributed by atoms with Crippen molar-refractivity contribution in [3.05, 3.63) is 76.6 Å². The SMILES string of the molecule is CN(C)c1cc(-c2ccccc2)cc2cc(C(=O)NCc3cccs3)nn12. The fourth-order valence-corrected chi connectivity index (χ4v) is 3.63. The summed E-state index contributed by atoms with van der Waals surface area (Å²) in [4.78, 5) is 15.7. The molecule has 0 unspecified atom stereocenters. The van der Waals surface area contributed by atoms with Gasteiger partial charge in [0.2, 0.25) is 0 Å². The molecule has 27 heavy (non-hydrogen) atoms. The molecule has 3 aromatic heterocycles. The first-order chi connectivity index (χ1) is 13.1. The van der Waals surface area contributed by atoms with Gasteiger partial charge in [-0.05, 0) is 40.8 Å². The number of hydrogen-bond donors (Lipinski definition) is 1. The van der Waals surface area contributed by atoms with Crippen molar-refractivity contribution in [3.63, 3.8) is 0 Å². The largest absolute Gasteiger partial charge is 0.363 e. The zero-order valence-corrected chi connectivity index (χ0v) is 16.0. The van der Waals surface area contributed by atoms with Crippen LogP contribution >= 0.6 is 11.3 Å². The highest BCUT2D eigenvalue weighted by atomic mass is 32.1. The van der Waals surface area contributed by atoms with Crippen LogP contribution in [0.5, 0.6) is 0 Å². The Morgan fingerprint density at radius 1 is 1.07 bits per heavy atom. The summed E-state index contributed by atoms with van der Waals surface area (Å²) in [5.41, 5.74) is 3.53. The summed E-state index contributed by atoms with van der Waals surface area (Å²) in [5, 5.41) is 9.48. The molecule has 0 aliphatic heterocycles. The molecule has 0 bridgehead atoms. The predicted molar refractivity (Wildman–Crippen MR) is 110 cm³/mol. The van der Waals surface area contributed by atoms with Crippen LogP contribution < -0.4 is 10.2 Å². The zero-order valence-electron chi connectivity index (χ0n) is 15.2. The topological polar surface area (TPSA) is 49.6 Å². The molecule has 1 aromatic carbocycles. The van der Waals surface area contributed by atoms with Crippen LogP contribution in [0.15, 0.2) is 66.0 Å². The third-order valence-electron chi connectivity index (χ3n) is 4.34. The number of anilines is 1. The minimum absolute atomic E-state index is 0.168. The van der Waals surface area contributed by atoms with E-state index in [0.717, 1.165) is 27.3 Å². The fourth-order valence-electron chi connectivity index (χ4n) is 2.98. The van der Waals surface area contributed by atoms with Crippen LogP contribution in [0.3, 0.4) is 0 Å². The number of fused-ring (bicyclic) bond motifs is 1. The van der Waals surface area contributed by atoms with E-state index in [9.17, 15) is 4.79 Å². The van der Waals surface area contributed by atoms with Crippen molar-refractivity contribution in [2.75, 3.05) is 19.0 Å². The molecule has 0 spiro atoms. The lowest BCUT2D eigenvalue weighted by Crippen LogP contribution is -2.23. The number of aromatic nitrogens is 2. The number of benzene rings is 1. The van der Waals surface area contributed by atoms with Gasteiger partial charge in [-0.15, -0.1) is 11.3 Å². The van der Waals surface area contributed by atoms with Gasteiger partial charge in [-0.1, -0.05) is 36.4 Å². The van der Waals surface area contributed by atoms with Gasteiger partial charge in [-0.25, -0.2) is 4.52 Å². The smallest absolute Gasteiger partial charge is 0.272 e. The van der Waals surface area contributed by atoms with Crippen LogP contribution in [0.4, 0.5) is 5.82 Å². The first-order valence-corrected chi connectivity index (χ1v) is 9.57. The molecule has 0 aliphatic carbocycles. The number of amides is 1. The molecule has 4 aromatic rings. The quantitative estimate of drug-likeness (QED) is 0.571. The minimum Gasteiger partial charge on any atom is -0.363 e. The number of nitrogens with one attached hydrogen (secondary N) is 1. The van der Waals surface area contributed by atoms with Crippen molar-refractivity contribution in [2.45, 2.75) is 6.54 Å². The molecular weight excluding hydrogens is 356 g/mol. The Morgan fingerprint density at radius 2 is 1.89 bits per heavy atom. The van der Waals surface area contributed by atoms with Crippen LogP contribution in [0.1, 0.15) is 15.4 Å². The summed E-state index contributed by atoms with van der Waals surface area (Å²) in [7, 11) is 3.95. The van der Waals surface area contributed by atoms with E-state index in [-0.39, 0.29) is 5.91 Å². The highest BCUT2D eigenvalue weighted by Crippen LogP contribution is 2.27. The van der Waals surface area contributed by atoms with Gasteiger partial charge in [0.15, 0.2) is 5.69 Å². The fraction of sp³-hybridized carbons (Fsp3) is 0.143. The van der Waals surface area contributed by atoms with Crippen molar-refractivity contribution in [3.8, 4) is 11.1 Å². The van der Waals surface area contributed by atoms with Gasteiger partial charge in [-0.2, -0.15) is 5.10 Å². The molecule has 1 amide bonds. The van der Waals surface area contributed by atoms with Gasteiger partial charge in [0.05, 0.1) is 12.1 Å². The van der Waals surface area contributed by atoms with Crippen molar-refractivity contribution >= 4 is 28.6 Å². The van der Waals surface area contributed by atoms with Gasteiger partial charge < -0.3 is 10.2 Å². The van der Waals surface area contributed by atoms with E-state index >= 15 is 0 Å². The Bertz CT molecular complexity index is 1070. The lowest BCUT2D eigenvalue weighted by molar-refractivity contribution is 0.0946. The average Bonchev–Trinajstić information content (AvgIpc) is 3.35. The predicted octanol–water partition coefficient (Wildman–Crippen LogP) is 4.06. The number of nitrogens with zero attached hydrogens (tertiary/aromatic N) is 3. The van der Waals surface area contributed by atoms with E-state index in [4.69, 9.17) is 0 Å². The Balaban J connectivity index is 1.70. The molecular formula is C21H20N4OS. The maximum absolute atomic E-state index is 12.5. The summed E-state index contributed by atoms with van der Waals surface area (Å²) in [6, 6.07) is 20.2. The lowest BCUT2D eigenvalue weighted by atomic mass is 10.1. The summed E-state index contributed by atoms with van der Waals surface area (Å²) < 4.78 is 1.81. The van der Waals surface area contributed by atoms with Crippen molar-refractivity contribution in [1.29, 1.82) is 0 Å². The first-order valence-electron chi connectivity index (χ1n) is 8.69. The second-order valence-electron chi connectivity index (χ2n) is 6.49. The van der Waals surface area contributed by atoms with E-state index < -0.39 is 0 Å². The second kappa shape index (κ2) is 7.25. The van der Waals surface area contributed by atoms with E-state index in [0.29, 0.717) is 12.2 Å². The Kier molecular flexibility index (Phi) is 4.64. The molecule has 4 rings (SSSR count). The summed E-state index contributed by atoms with van der Waals surface area (Å²) in [6.45, 7) is 0.514. The van der Waals surface area contributed by atoms with Gasteiger partial charge in [-0.3, -0.25) is 4.79 Å². The van der Waals surface area contributed by atoms with E-state index in [1.54, 1.807) is 11.3 Å². The first kappa shape index (κ1) is 17.3. The second-order valence-corrected chi connectivity index (χ2v) is 7.52. The van der Waals surface area contributed by atoms with Gasteiger partial charge >= 0.3 is 0 Å². The zero-order chi connectivity index (χ0) is 18.8. The van der Waals surface area contributed by atoms with Crippen LogP contribution in [-0.4, -0.2) is 29.6 Å². The highest BCUT2D eigenvalue weighted by molar-refractivity contribution is 7.09. The minimum atomic E-state index is -0.168. The van der Waals surface area contributed by atoms with Crippen molar-refractivity contribution in [2.24, 2.45) is 0 Å². The number of pyridine rings is 1. The van der Waals surface area contributed by atoms with E-state index in [2.05, 4.69) is 34.7 Å².